The molecule has 0 atom stereocenters. The van der Waals surface area contributed by atoms with Gasteiger partial charge in [0.25, 0.3) is 5.91 Å². The Morgan fingerprint density at radius 3 is 2.70 bits per heavy atom. The van der Waals surface area contributed by atoms with Gasteiger partial charge in [0.05, 0.1) is 23.1 Å². The summed E-state index contributed by atoms with van der Waals surface area (Å²) in [6.07, 6.45) is 1.81. The molecular weight excluding hydrogens is 316 g/mol. The topological polar surface area (TPSA) is 76.0 Å². The monoisotopic (exact) mass is 334 g/mol. The van der Waals surface area contributed by atoms with Crippen LogP contribution in [0.15, 0.2) is 30.5 Å². The van der Waals surface area contributed by atoms with Gasteiger partial charge in [0, 0.05) is 11.4 Å². The van der Waals surface area contributed by atoms with E-state index in [9.17, 15) is 9.59 Å². The molecular formula is C16H19ClN4O2. The molecule has 2 amide bonds. The average molecular weight is 335 g/mol. The normalized spacial score (nSPS) is 10.7. The van der Waals surface area contributed by atoms with Crippen molar-refractivity contribution in [2.75, 3.05) is 0 Å². The van der Waals surface area contributed by atoms with Gasteiger partial charge in [-0.15, -0.1) is 0 Å². The van der Waals surface area contributed by atoms with Crippen LogP contribution in [0, 0.1) is 12.8 Å². The number of rotatable bonds is 4. The highest BCUT2D eigenvalue weighted by Gasteiger charge is 2.16. The summed E-state index contributed by atoms with van der Waals surface area (Å²) in [6, 6.07) is 7.18. The van der Waals surface area contributed by atoms with Crippen molar-refractivity contribution in [3.8, 4) is 5.69 Å². The smallest absolute Gasteiger partial charge is 0.273 e. The zero-order valence-electron chi connectivity index (χ0n) is 13.3. The molecule has 0 unspecified atom stereocenters. The fourth-order valence-electron chi connectivity index (χ4n) is 2.12. The van der Waals surface area contributed by atoms with E-state index in [0.717, 1.165) is 5.69 Å². The molecule has 2 aromatic rings. The van der Waals surface area contributed by atoms with Crippen molar-refractivity contribution in [2.45, 2.75) is 27.2 Å². The lowest BCUT2D eigenvalue weighted by Gasteiger charge is -2.09. The maximum atomic E-state index is 12.2. The fourth-order valence-corrected chi connectivity index (χ4v) is 2.30. The van der Waals surface area contributed by atoms with Crippen molar-refractivity contribution in [3.05, 3.63) is 46.7 Å². The van der Waals surface area contributed by atoms with Crippen LogP contribution in [0.25, 0.3) is 5.69 Å². The molecule has 23 heavy (non-hydrogen) atoms. The summed E-state index contributed by atoms with van der Waals surface area (Å²) in [5, 5.41) is 4.80. The van der Waals surface area contributed by atoms with Crippen LogP contribution in [-0.4, -0.2) is 21.6 Å². The quantitative estimate of drug-likeness (QED) is 0.844. The second-order valence-electron chi connectivity index (χ2n) is 5.64. The Kier molecular flexibility index (Phi) is 5.39. The zero-order chi connectivity index (χ0) is 17.0. The summed E-state index contributed by atoms with van der Waals surface area (Å²) < 4.78 is 1.62. The van der Waals surface area contributed by atoms with Crippen LogP contribution < -0.4 is 10.9 Å². The van der Waals surface area contributed by atoms with Gasteiger partial charge in [-0.05, 0) is 31.0 Å². The predicted molar refractivity (Wildman–Crippen MR) is 88.4 cm³/mol. The lowest BCUT2D eigenvalue weighted by atomic mass is 10.1. The molecule has 2 N–H and O–H groups in total. The van der Waals surface area contributed by atoms with Gasteiger partial charge in [0.2, 0.25) is 5.91 Å². The van der Waals surface area contributed by atoms with E-state index in [4.69, 9.17) is 11.6 Å². The maximum Gasteiger partial charge on any atom is 0.273 e. The van der Waals surface area contributed by atoms with Crippen LogP contribution in [-0.2, 0) is 4.79 Å². The number of carbonyl (C=O) groups excluding carboxylic acids is 2. The maximum absolute atomic E-state index is 12.2. The summed E-state index contributed by atoms with van der Waals surface area (Å²) >= 11 is 5.97. The Balaban J connectivity index is 2.10. The molecule has 0 radical (unpaired) electrons. The van der Waals surface area contributed by atoms with Crippen molar-refractivity contribution in [2.24, 2.45) is 5.92 Å². The first-order chi connectivity index (χ1) is 10.9. The van der Waals surface area contributed by atoms with Gasteiger partial charge in [-0.1, -0.05) is 31.5 Å². The summed E-state index contributed by atoms with van der Waals surface area (Å²) in [4.78, 5) is 23.7. The van der Waals surface area contributed by atoms with E-state index in [1.54, 1.807) is 23.7 Å². The molecule has 0 aliphatic carbocycles. The Labute approximate surface area is 139 Å². The highest BCUT2D eigenvalue weighted by Crippen LogP contribution is 2.17. The van der Waals surface area contributed by atoms with Gasteiger partial charge >= 0.3 is 0 Å². The number of nitrogens with zero attached hydrogens (tertiary/aromatic N) is 2. The number of hydrogen-bond acceptors (Lipinski definition) is 3. The standard InChI is InChI=1S/C16H19ClN4O2/c1-10(2)7-15(22)19-20-16(23)14-9-18-21(11(14)3)13-6-4-5-12(17)8-13/h4-6,8-10H,7H2,1-3H3,(H,19,22)(H,20,23). The van der Waals surface area contributed by atoms with E-state index in [1.807, 2.05) is 26.0 Å². The largest absolute Gasteiger partial charge is 0.273 e. The van der Waals surface area contributed by atoms with Crippen LogP contribution >= 0.6 is 11.6 Å². The van der Waals surface area contributed by atoms with E-state index >= 15 is 0 Å². The molecule has 0 spiro atoms. The number of nitrogens with one attached hydrogen (secondary N) is 2. The number of halogens is 1. The molecule has 1 aromatic heterocycles. The van der Waals surface area contributed by atoms with Crippen molar-refractivity contribution in [1.82, 2.24) is 20.6 Å². The molecule has 6 nitrogen and oxygen atoms in total. The van der Waals surface area contributed by atoms with Crippen molar-refractivity contribution < 1.29 is 9.59 Å². The summed E-state index contributed by atoms with van der Waals surface area (Å²) in [7, 11) is 0. The Morgan fingerprint density at radius 2 is 2.04 bits per heavy atom. The second-order valence-corrected chi connectivity index (χ2v) is 6.07. The minimum absolute atomic E-state index is 0.221. The highest BCUT2D eigenvalue weighted by atomic mass is 35.5. The summed E-state index contributed by atoms with van der Waals surface area (Å²) in [5.41, 5.74) is 6.61. The van der Waals surface area contributed by atoms with Crippen LogP contribution in [0.1, 0.15) is 36.3 Å². The first-order valence-electron chi connectivity index (χ1n) is 7.28. The minimum Gasteiger partial charge on any atom is -0.273 e. The number of amides is 2. The fraction of sp³-hybridized carbons (Fsp3) is 0.312. The third-order valence-corrected chi connectivity index (χ3v) is 3.45. The van der Waals surface area contributed by atoms with Crippen molar-refractivity contribution >= 4 is 23.4 Å². The van der Waals surface area contributed by atoms with Crippen LogP contribution in [0.2, 0.25) is 5.02 Å². The van der Waals surface area contributed by atoms with Gasteiger partial charge in [0.1, 0.15) is 0 Å². The van der Waals surface area contributed by atoms with E-state index in [0.29, 0.717) is 22.7 Å². The molecule has 122 valence electrons. The lowest BCUT2D eigenvalue weighted by Crippen LogP contribution is -2.42. The number of aromatic nitrogens is 2. The molecule has 7 heteroatoms. The average Bonchev–Trinajstić information content (AvgIpc) is 2.86. The molecule has 1 aromatic carbocycles. The third kappa shape index (κ3) is 4.32. The number of carbonyl (C=O) groups is 2. The first-order valence-corrected chi connectivity index (χ1v) is 7.66. The highest BCUT2D eigenvalue weighted by molar-refractivity contribution is 6.30. The van der Waals surface area contributed by atoms with E-state index < -0.39 is 5.91 Å². The molecule has 0 bridgehead atoms. The van der Waals surface area contributed by atoms with Gasteiger partial charge in [0.15, 0.2) is 0 Å². The zero-order valence-corrected chi connectivity index (χ0v) is 14.0. The second kappa shape index (κ2) is 7.28. The lowest BCUT2D eigenvalue weighted by molar-refractivity contribution is -0.122. The van der Waals surface area contributed by atoms with E-state index in [2.05, 4.69) is 16.0 Å². The number of hydrazine groups is 1. The Hall–Kier alpha value is -2.34. The van der Waals surface area contributed by atoms with E-state index in [-0.39, 0.29) is 11.8 Å². The number of hydrogen-bond donors (Lipinski definition) is 2. The Morgan fingerprint density at radius 1 is 1.30 bits per heavy atom. The molecule has 0 aliphatic heterocycles. The molecule has 1 heterocycles. The summed E-state index contributed by atoms with van der Waals surface area (Å²) in [5.74, 6) is -0.416. The minimum atomic E-state index is -0.409. The van der Waals surface area contributed by atoms with Crippen LogP contribution in [0.3, 0.4) is 0 Å². The van der Waals surface area contributed by atoms with Crippen LogP contribution in [0.5, 0.6) is 0 Å². The molecule has 0 fully saturated rings. The van der Waals surface area contributed by atoms with Crippen molar-refractivity contribution in [1.29, 1.82) is 0 Å². The SMILES string of the molecule is Cc1c(C(=O)NNC(=O)CC(C)C)cnn1-c1cccc(Cl)c1. The van der Waals surface area contributed by atoms with Gasteiger partial charge in [-0.2, -0.15) is 5.10 Å². The van der Waals surface area contributed by atoms with Crippen molar-refractivity contribution in [3.63, 3.8) is 0 Å². The molecule has 0 aliphatic rings. The van der Waals surface area contributed by atoms with Gasteiger partial charge in [-0.3, -0.25) is 20.4 Å². The van der Waals surface area contributed by atoms with Gasteiger partial charge < -0.3 is 0 Å². The Bertz CT molecular complexity index is 725. The molecule has 0 saturated carbocycles. The molecule has 2 rings (SSSR count). The third-order valence-electron chi connectivity index (χ3n) is 3.22. The van der Waals surface area contributed by atoms with E-state index in [1.165, 1.54) is 6.20 Å². The first kappa shape index (κ1) is 17.0. The van der Waals surface area contributed by atoms with Gasteiger partial charge in [-0.25, -0.2) is 4.68 Å². The van der Waals surface area contributed by atoms with Crippen LogP contribution in [0.4, 0.5) is 0 Å². The predicted octanol–water partition coefficient (Wildman–Crippen LogP) is 2.64. The number of benzene rings is 1. The summed E-state index contributed by atoms with van der Waals surface area (Å²) in [6.45, 7) is 5.64. The molecule has 0 saturated heterocycles.